The first-order valence-electron chi connectivity index (χ1n) is 24.9. The molecule has 366 valence electrons. The van der Waals surface area contributed by atoms with Crippen molar-refractivity contribution < 1.29 is 42.1 Å². The highest BCUT2D eigenvalue weighted by atomic mass is 31.2. The maximum absolute atomic E-state index is 12.7. The fourth-order valence-electron chi connectivity index (χ4n) is 6.31. The van der Waals surface area contributed by atoms with Crippen LogP contribution in [-0.2, 0) is 32.7 Å². The molecule has 0 aliphatic rings. The van der Waals surface area contributed by atoms with E-state index in [-0.39, 0.29) is 26.1 Å². The first-order valence-corrected chi connectivity index (χ1v) is 26.4. The molecule has 0 heterocycles. The number of unbranched alkanes of at least 4 members (excludes halogenated alkanes) is 14. The van der Waals surface area contributed by atoms with Gasteiger partial charge in [-0.05, 0) is 77.0 Å². The van der Waals surface area contributed by atoms with Gasteiger partial charge in [0.05, 0.1) is 27.7 Å². The lowest BCUT2D eigenvalue weighted by molar-refractivity contribution is -0.870. The zero-order chi connectivity index (χ0) is 47.1. The predicted octanol–water partition coefficient (Wildman–Crippen LogP) is 14.3. The second kappa shape index (κ2) is 45.1. The smallest absolute Gasteiger partial charge is 0.306 e. The van der Waals surface area contributed by atoms with Crippen molar-refractivity contribution in [2.45, 2.75) is 187 Å². The normalized spacial score (nSPS) is 14.3. The van der Waals surface area contributed by atoms with E-state index in [1.54, 1.807) is 0 Å². The summed E-state index contributed by atoms with van der Waals surface area (Å²) >= 11 is 0. The van der Waals surface area contributed by atoms with Crippen LogP contribution in [0.15, 0.2) is 97.2 Å². The maximum Gasteiger partial charge on any atom is 0.306 e. The first kappa shape index (κ1) is 60.9. The number of hydrogen-bond donors (Lipinski definition) is 0. The molecule has 0 aliphatic carbocycles. The molecular weight excluding hydrogens is 822 g/mol. The summed E-state index contributed by atoms with van der Waals surface area (Å²) < 4.78 is 33.9. The number of phosphoric acid groups is 1. The van der Waals surface area contributed by atoms with E-state index in [0.717, 1.165) is 70.6 Å². The lowest BCUT2D eigenvalue weighted by Gasteiger charge is -2.28. The molecule has 10 heteroatoms. The number of hydrogen-bond acceptors (Lipinski definition) is 8. The fraction of sp³-hybridized carbons (Fsp3) is 0.667. The Bertz CT molecular complexity index is 1400. The summed E-state index contributed by atoms with van der Waals surface area (Å²) in [6.07, 6.45) is 60.4. The van der Waals surface area contributed by atoms with Crippen molar-refractivity contribution >= 4 is 19.8 Å². The first-order chi connectivity index (χ1) is 31.0. The average Bonchev–Trinajstić information content (AvgIpc) is 3.25. The highest BCUT2D eigenvalue weighted by Gasteiger charge is 2.21. The van der Waals surface area contributed by atoms with Crippen LogP contribution in [0.3, 0.4) is 0 Å². The number of rotatable bonds is 44. The van der Waals surface area contributed by atoms with Crippen molar-refractivity contribution in [1.82, 2.24) is 0 Å². The van der Waals surface area contributed by atoms with Crippen LogP contribution >= 0.6 is 7.82 Å². The van der Waals surface area contributed by atoms with Gasteiger partial charge in [-0.2, -0.15) is 0 Å². The van der Waals surface area contributed by atoms with Gasteiger partial charge in [-0.15, -0.1) is 0 Å². The minimum Gasteiger partial charge on any atom is -0.756 e. The minimum absolute atomic E-state index is 0.0456. The van der Waals surface area contributed by atoms with Gasteiger partial charge >= 0.3 is 11.9 Å². The number of carbonyl (C=O) groups excluding carboxylic acids is 2. The number of carbonyl (C=O) groups is 2. The summed E-state index contributed by atoms with van der Waals surface area (Å²) in [4.78, 5) is 37.6. The van der Waals surface area contributed by atoms with Crippen LogP contribution in [0.2, 0.25) is 0 Å². The van der Waals surface area contributed by atoms with Gasteiger partial charge in [0, 0.05) is 12.8 Å². The van der Waals surface area contributed by atoms with E-state index in [0.29, 0.717) is 23.9 Å². The van der Waals surface area contributed by atoms with Gasteiger partial charge in [0.1, 0.15) is 19.8 Å². The Morgan fingerprint density at radius 2 is 0.875 bits per heavy atom. The Balaban J connectivity index is 4.23. The Morgan fingerprint density at radius 1 is 0.484 bits per heavy atom. The molecule has 0 saturated heterocycles. The van der Waals surface area contributed by atoms with Crippen molar-refractivity contribution in [2.24, 2.45) is 0 Å². The molecule has 0 aromatic rings. The van der Waals surface area contributed by atoms with Gasteiger partial charge in [-0.25, -0.2) is 0 Å². The number of esters is 2. The molecule has 2 atom stereocenters. The molecule has 0 radical (unpaired) electrons. The lowest BCUT2D eigenvalue weighted by Crippen LogP contribution is -2.37. The van der Waals surface area contributed by atoms with Gasteiger partial charge in [0.15, 0.2) is 6.10 Å². The van der Waals surface area contributed by atoms with Crippen LogP contribution in [0.5, 0.6) is 0 Å². The Kier molecular flexibility index (Phi) is 42.9. The van der Waals surface area contributed by atoms with Crippen LogP contribution < -0.4 is 4.89 Å². The summed E-state index contributed by atoms with van der Waals surface area (Å²) in [6, 6.07) is 0. The zero-order valence-corrected chi connectivity index (χ0v) is 42.1. The Hall–Kier alpha value is -3.07. The molecule has 9 nitrogen and oxygen atoms in total. The number of allylic oxidation sites excluding steroid dienone is 16. The second-order valence-corrected chi connectivity index (χ2v) is 18.8. The molecule has 0 rings (SSSR count). The quantitative estimate of drug-likeness (QED) is 0.0195. The van der Waals surface area contributed by atoms with E-state index in [9.17, 15) is 19.0 Å². The van der Waals surface area contributed by atoms with Crippen molar-refractivity contribution in [3.05, 3.63) is 97.2 Å². The number of ether oxygens (including phenoxy) is 2. The fourth-order valence-corrected chi connectivity index (χ4v) is 7.04. The molecule has 0 N–H and O–H groups in total. The highest BCUT2D eigenvalue weighted by Crippen LogP contribution is 2.38. The highest BCUT2D eigenvalue weighted by molar-refractivity contribution is 7.45. The standard InChI is InChI=1S/C54H92NO8P/c1-6-8-10-12-14-16-18-20-21-22-23-24-25-26-27-28-29-30-31-32-33-35-37-39-41-43-45-47-54(57)63-52(51-62-64(58,59)61-49-48-55(3,4)5)50-60-53(56)46-44-42-40-38-36-34-19-17-15-13-11-9-7-2/h8-11,14-17,20-21,23-24,34,36,40,42,52H,6-7,12-13,18-19,22,25-33,35,37-39,41,43-51H2,1-5H3/b10-8-,11-9-,16-14-,17-15-,21-20-,24-23-,36-34-,42-40-. The van der Waals surface area contributed by atoms with E-state index in [1.165, 1.54) is 70.6 Å². The second-order valence-electron chi connectivity index (χ2n) is 17.4. The van der Waals surface area contributed by atoms with Crippen molar-refractivity contribution in [3.63, 3.8) is 0 Å². The van der Waals surface area contributed by atoms with E-state index in [2.05, 4.69) is 98.9 Å². The van der Waals surface area contributed by atoms with Gasteiger partial charge in [0.2, 0.25) is 0 Å². The lowest BCUT2D eigenvalue weighted by atomic mass is 10.0. The summed E-state index contributed by atoms with van der Waals surface area (Å²) in [7, 11) is 1.12. The summed E-state index contributed by atoms with van der Waals surface area (Å²) in [5.74, 6) is -0.935. The molecular formula is C54H92NO8P. The summed E-state index contributed by atoms with van der Waals surface area (Å²) in [5.41, 5.74) is 0. The number of nitrogens with zero attached hydrogens (tertiary/aromatic N) is 1. The molecule has 0 aromatic heterocycles. The molecule has 0 fully saturated rings. The third kappa shape index (κ3) is 48.4. The molecule has 0 saturated carbocycles. The molecule has 0 bridgehead atoms. The summed E-state index contributed by atoms with van der Waals surface area (Å²) in [6.45, 7) is 3.90. The molecule has 0 amide bonds. The Labute approximate surface area is 392 Å². The van der Waals surface area contributed by atoms with Crippen LogP contribution in [-0.4, -0.2) is 70.0 Å². The van der Waals surface area contributed by atoms with Crippen molar-refractivity contribution in [1.29, 1.82) is 0 Å². The van der Waals surface area contributed by atoms with E-state index in [4.69, 9.17) is 18.5 Å². The topological polar surface area (TPSA) is 111 Å². The molecule has 2 unspecified atom stereocenters. The van der Waals surface area contributed by atoms with Crippen LogP contribution in [0.1, 0.15) is 181 Å². The Morgan fingerprint density at radius 3 is 1.31 bits per heavy atom. The number of quaternary nitrogens is 1. The van der Waals surface area contributed by atoms with E-state index >= 15 is 0 Å². The van der Waals surface area contributed by atoms with Crippen molar-refractivity contribution in [2.75, 3.05) is 47.5 Å². The average molecular weight is 914 g/mol. The van der Waals surface area contributed by atoms with Gasteiger partial charge < -0.3 is 27.9 Å². The predicted molar refractivity (Wildman–Crippen MR) is 268 cm³/mol. The number of likely N-dealkylation sites (N-methyl/N-ethyl adjacent to an activating group) is 1. The SMILES string of the molecule is CC/C=C\C/C=C\C/C=C\C/C=C\CCCCCCCCCCCCCCCCC(=O)OC(COC(=O)CC/C=C\C/C=C\C/C=C\C/C=C\CC)COP(=O)([O-])OCC[N+](C)(C)C. The minimum atomic E-state index is -4.65. The van der Waals surface area contributed by atoms with E-state index < -0.39 is 32.5 Å². The van der Waals surface area contributed by atoms with Crippen LogP contribution in [0.25, 0.3) is 0 Å². The molecule has 0 aliphatic heterocycles. The van der Waals surface area contributed by atoms with Gasteiger partial charge in [-0.3, -0.25) is 14.2 Å². The van der Waals surface area contributed by atoms with Gasteiger partial charge in [-0.1, -0.05) is 188 Å². The number of phosphoric ester groups is 1. The van der Waals surface area contributed by atoms with Gasteiger partial charge in [0.25, 0.3) is 7.82 Å². The maximum atomic E-state index is 12.7. The largest absolute Gasteiger partial charge is 0.756 e. The van der Waals surface area contributed by atoms with Crippen molar-refractivity contribution in [3.8, 4) is 0 Å². The molecule has 64 heavy (non-hydrogen) atoms. The monoisotopic (exact) mass is 914 g/mol. The molecule has 0 spiro atoms. The molecule has 0 aromatic carbocycles. The summed E-state index contributed by atoms with van der Waals surface area (Å²) in [5, 5.41) is 0. The third-order valence-electron chi connectivity index (χ3n) is 10.1. The van der Waals surface area contributed by atoms with Crippen LogP contribution in [0.4, 0.5) is 0 Å². The van der Waals surface area contributed by atoms with E-state index in [1.807, 2.05) is 33.3 Å². The third-order valence-corrected chi connectivity index (χ3v) is 11.1. The zero-order valence-electron chi connectivity index (χ0n) is 41.2. The van der Waals surface area contributed by atoms with Crippen LogP contribution in [0, 0.1) is 0 Å².